The number of halogens is 3. The summed E-state index contributed by atoms with van der Waals surface area (Å²) in [5.41, 5.74) is 1.58. The molecule has 4 heterocycles. The summed E-state index contributed by atoms with van der Waals surface area (Å²) in [6.45, 7) is 7.09. The van der Waals surface area contributed by atoms with Crippen molar-refractivity contribution in [3.05, 3.63) is 35.8 Å². The number of hydrogen-bond donors (Lipinski definition) is 0. The van der Waals surface area contributed by atoms with E-state index in [1.54, 1.807) is 0 Å². The zero-order valence-electron chi connectivity index (χ0n) is 18.4. The van der Waals surface area contributed by atoms with Gasteiger partial charge in [-0.25, -0.2) is 0 Å². The zero-order valence-corrected chi connectivity index (χ0v) is 19.3. The van der Waals surface area contributed by atoms with Gasteiger partial charge in [0.25, 0.3) is 0 Å². The van der Waals surface area contributed by atoms with Gasteiger partial charge in [0.15, 0.2) is 0 Å². The van der Waals surface area contributed by atoms with Crippen LogP contribution in [0, 0.1) is 11.3 Å². The highest BCUT2D eigenvalue weighted by Gasteiger charge is 2.54. The minimum absolute atomic E-state index is 0.279. The van der Waals surface area contributed by atoms with Gasteiger partial charge in [-0.05, 0) is 50.8 Å². The molecule has 1 aliphatic carbocycles. The van der Waals surface area contributed by atoms with E-state index in [1.807, 2.05) is 17.7 Å². The molecule has 0 aromatic carbocycles. The van der Waals surface area contributed by atoms with Crippen LogP contribution in [0.3, 0.4) is 0 Å². The second kappa shape index (κ2) is 8.02. The summed E-state index contributed by atoms with van der Waals surface area (Å²) in [5.74, 6) is 2.51. The summed E-state index contributed by atoms with van der Waals surface area (Å²) < 4.78 is 53.0. The number of nitrogens with zero attached hydrogens (tertiary/aromatic N) is 4. The zero-order chi connectivity index (χ0) is 22.7. The number of likely N-dealkylation sites (tertiary alicyclic amines) is 1. The van der Waals surface area contributed by atoms with E-state index >= 15 is 0 Å². The van der Waals surface area contributed by atoms with E-state index in [1.165, 1.54) is 6.20 Å². The van der Waals surface area contributed by atoms with Gasteiger partial charge in [-0.3, -0.25) is 14.6 Å². The van der Waals surface area contributed by atoms with Crippen molar-refractivity contribution in [3.8, 4) is 11.3 Å². The Bertz CT molecular complexity index is 988. The molecule has 174 valence electrons. The first-order chi connectivity index (χ1) is 15.2. The lowest BCUT2D eigenvalue weighted by Crippen LogP contribution is -2.50. The average Bonchev–Trinajstić information content (AvgIpc) is 3.43. The van der Waals surface area contributed by atoms with Gasteiger partial charge in [0, 0.05) is 48.7 Å². The largest absolute Gasteiger partial charge is 0.616 e. The van der Waals surface area contributed by atoms with Crippen molar-refractivity contribution in [3.63, 3.8) is 0 Å². The smallest absolute Gasteiger partial charge is 0.417 e. The topological polar surface area (TPSA) is 57.0 Å². The Kier molecular flexibility index (Phi) is 5.57. The van der Waals surface area contributed by atoms with E-state index in [0.717, 1.165) is 61.8 Å². The molecule has 5 nitrogen and oxygen atoms in total. The summed E-state index contributed by atoms with van der Waals surface area (Å²) in [6.07, 6.45) is 1.17. The predicted octanol–water partition coefficient (Wildman–Crippen LogP) is 4.32. The number of aromatic nitrogens is 3. The lowest BCUT2D eigenvalue weighted by atomic mass is 9.91. The Labute approximate surface area is 189 Å². The number of pyridine rings is 1. The molecule has 2 aromatic heterocycles. The second-order valence-electron chi connectivity index (χ2n) is 9.89. The van der Waals surface area contributed by atoms with Crippen molar-refractivity contribution >= 4 is 11.2 Å². The van der Waals surface area contributed by atoms with Crippen LogP contribution in [0.4, 0.5) is 13.2 Å². The van der Waals surface area contributed by atoms with Crippen molar-refractivity contribution < 1.29 is 17.7 Å². The maximum Gasteiger partial charge on any atom is 0.417 e. The molecule has 3 fully saturated rings. The van der Waals surface area contributed by atoms with Crippen LogP contribution in [0.5, 0.6) is 0 Å². The lowest BCUT2D eigenvalue weighted by Gasteiger charge is -2.39. The molecule has 3 atom stereocenters. The minimum atomic E-state index is -4.42. The van der Waals surface area contributed by atoms with Gasteiger partial charge >= 0.3 is 6.18 Å². The van der Waals surface area contributed by atoms with Gasteiger partial charge in [0.1, 0.15) is 11.5 Å². The third-order valence-corrected chi connectivity index (χ3v) is 9.50. The van der Waals surface area contributed by atoms with Crippen molar-refractivity contribution in [1.82, 2.24) is 19.7 Å². The molecule has 2 aliphatic heterocycles. The first-order valence-corrected chi connectivity index (χ1v) is 12.9. The molecule has 1 spiro atoms. The fraction of sp³-hybridized carbons (Fsp3) is 0.652. The Hall–Kier alpha value is -1.58. The van der Waals surface area contributed by atoms with Crippen LogP contribution >= 0.6 is 0 Å². The van der Waals surface area contributed by atoms with E-state index in [0.29, 0.717) is 35.7 Å². The Morgan fingerprint density at radius 3 is 2.69 bits per heavy atom. The van der Waals surface area contributed by atoms with Gasteiger partial charge in [0.05, 0.1) is 16.7 Å². The summed E-state index contributed by atoms with van der Waals surface area (Å²) in [4.78, 5) is 6.40. The van der Waals surface area contributed by atoms with Gasteiger partial charge in [-0.15, -0.1) is 0 Å². The molecule has 32 heavy (non-hydrogen) atoms. The second-order valence-corrected chi connectivity index (χ2v) is 11.3. The highest BCUT2D eigenvalue weighted by molar-refractivity contribution is 7.92. The van der Waals surface area contributed by atoms with Crippen LogP contribution in [0.2, 0.25) is 0 Å². The lowest BCUT2D eigenvalue weighted by molar-refractivity contribution is -0.137. The van der Waals surface area contributed by atoms with Crippen LogP contribution in [-0.2, 0) is 23.9 Å². The molecule has 1 saturated carbocycles. The number of rotatable bonds is 4. The van der Waals surface area contributed by atoms with Gasteiger partial charge in [-0.1, -0.05) is 18.1 Å². The number of alkyl halides is 3. The number of aryl methyl sites for hydroxylation is 1. The summed E-state index contributed by atoms with van der Waals surface area (Å²) in [7, 11) is 0. The Balaban J connectivity index is 1.36. The molecule has 2 saturated heterocycles. The molecular weight excluding hydrogens is 437 g/mol. The molecule has 0 radical (unpaired) electrons. The standard InChI is InChI=1S/C23H29F3N4OS/c1-3-30-21(9-20(28-30)16-7-17(11-27-10-16)23(24,25)26)19-8-18(6-15(19)2)29-5-4-22(12-29)13-32(31)14-22/h7,9-11,15,18-19H,3-6,8,12-14H2,1-2H3/t15?,18-,19-,22?,32?/m1/s1. The summed E-state index contributed by atoms with van der Waals surface area (Å²) >= 11 is -0.622. The van der Waals surface area contributed by atoms with E-state index in [4.69, 9.17) is 0 Å². The minimum Gasteiger partial charge on any atom is -0.616 e. The van der Waals surface area contributed by atoms with Gasteiger partial charge in [-0.2, -0.15) is 18.3 Å². The van der Waals surface area contributed by atoms with Crippen LogP contribution in [0.1, 0.15) is 50.3 Å². The van der Waals surface area contributed by atoms with Crippen molar-refractivity contribution in [2.45, 2.75) is 57.8 Å². The first-order valence-electron chi connectivity index (χ1n) is 11.4. The molecule has 0 bridgehead atoms. The molecule has 1 unspecified atom stereocenters. The highest BCUT2D eigenvalue weighted by atomic mass is 32.2. The molecule has 3 aliphatic rings. The Morgan fingerprint density at radius 1 is 1.22 bits per heavy atom. The van der Waals surface area contributed by atoms with Crippen molar-refractivity contribution in [2.24, 2.45) is 11.3 Å². The molecule has 0 amide bonds. The summed E-state index contributed by atoms with van der Waals surface area (Å²) in [6, 6.07) is 3.60. The Morgan fingerprint density at radius 2 is 2.00 bits per heavy atom. The van der Waals surface area contributed by atoms with E-state index in [2.05, 4.69) is 21.9 Å². The normalized spacial score (nSPS) is 33.2. The molecule has 2 aromatic rings. The van der Waals surface area contributed by atoms with Gasteiger partial charge in [0.2, 0.25) is 0 Å². The quantitative estimate of drug-likeness (QED) is 0.630. The monoisotopic (exact) mass is 466 g/mol. The van der Waals surface area contributed by atoms with Crippen LogP contribution < -0.4 is 0 Å². The summed E-state index contributed by atoms with van der Waals surface area (Å²) in [5, 5.41) is 4.64. The average molecular weight is 467 g/mol. The molecule has 5 rings (SSSR count). The van der Waals surface area contributed by atoms with Crippen molar-refractivity contribution in [2.75, 3.05) is 24.6 Å². The van der Waals surface area contributed by atoms with Crippen LogP contribution in [0.25, 0.3) is 11.3 Å². The third kappa shape index (κ3) is 3.96. The fourth-order valence-corrected chi connectivity index (χ4v) is 7.70. The van der Waals surface area contributed by atoms with E-state index in [-0.39, 0.29) is 5.41 Å². The number of hydrogen-bond acceptors (Lipinski definition) is 4. The molecule has 0 N–H and O–H groups in total. The molecular formula is C23H29F3N4OS. The SMILES string of the molecule is CCn1nc(-c2cncc(C(F)(F)F)c2)cc1[C@@H]1C[C@H](N2CCC3(C2)C[S+]([O-])C3)CC1C. The highest BCUT2D eigenvalue weighted by Crippen LogP contribution is 2.47. The predicted molar refractivity (Wildman–Crippen MR) is 118 cm³/mol. The maximum absolute atomic E-state index is 13.1. The first kappa shape index (κ1) is 22.2. The van der Waals surface area contributed by atoms with Gasteiger partial charge < -0.3 is 4.55 Å². The van der Waals surface area contributed by atoms with Crippen molar-refractivity contribution in [1.29, 1.82) is 0 Å². The van der Waals surface area contributed by atoms with E-state index in [9.17, 15) is 17.7 Å². The third-order valence-electron chi connectivity index (χ3n) is 7.63. The fourth-order valence-electron chi connectivity index (χ4n) is 5.94. The van der Waals surface area contributed by atoms with E-state index < -0.39 is 22.9 Å². The van der Waals surface area contributed by atoms with Crippen LogP contribution in [0.15, 0.2) is 24.5 Å². The van der Waals surface area contributed by atoms with Crippen LogP contribution in [-0.4, -0.2) is 54.9 Å². The maximum atomic E-state index is 13.1. The molecule has 9 heteroatoms.